The molecule has 0 saturated carbocycles. The highest BCUT2D eigenvalue weighted by atomic mass is 16.2. The van der Waals surface area contributed by atoms with Crippen molar-refractivity contribution in [2.24, 2.45) is 0 Å². The number of aliphatic hydroxyl groups is 1. The Hall–Kier alpha value is -4.51. The second-order valence-corrected chi connectivity index (χ2v) is 6.43. The Morgan fingerprint density at radius 3 is 1.56 bits per heavy atom. The van der Waals surface area contributed by atoms with Crippen LogP contribution in [0.5, 0.6) is 0 Å². The van der Waals surface area contributed by atoms with Crippen molar-refractivity contribution >= 4 is 39.1 Å². The quantitative estimate of drug-likeness (QED) is 0.249. The van der Waals surface area contributed by atoms with Crippen LogP contribution in [0.25, 0.3) is 33.1 Å². The molecule has 0 radical (unpaired) electrons. The van der Waals surface area contributed by atoms with E-state index in [4.69, 9.17) is 10.5 Å². The van der Waals surface area contributed by atoms with E-state index in [9.17, 15) is 0 Å². The van der Waals surface area contributed by atoms with Gasteiger partial charge in [0.25, 0.3) is 0 Å². The molecule has 0 atom stereocenters. The normalized spacial score (nSPS) is 10.4. The fourth-order valence-corrected chi connectivity index (χ4v) is 2.93. The predicted octanol–water partition coefficient (Wildman–Crippen LogP) is 2.46. The number of nitrogens with one attached hydrogen (secondary N) is 2. The van der Waals surface area contributed by atoms with Crippen LogP contribution in [0.2, 0.25) is 0 Å². The molecule has 0 fully saturated rings. The summed E-state index contributed by atoms with van der Waals surface area (Å²) in [6, 6.07) is 22.7. The van der Waals surface area contributed by atoms with Gasteiger partial charge in [0.15, 0.2) is 0 Å². The molecule has 11 heteroatoms. The summed E-state index contributed by atoms with van der Waals surface area (Å²) < 4.78 is 2.88. The van der Waals surface area contributed by atoms with Crippen molar-refractivity contribution in [2.75, 3.05) is 6.61 Å². The first-order chi connectivity index (χ1) is 15.7. The molecule has 0 aliphatic carbocycles. The second kappa shape index (κ2) is 9.53. The van der Waals surface area contributed by atoms with Crippen molar-refractivity contribution in [3.05, 3.63) is 72.8 Å². The van der Waals surface area contributed by atoms with E-state index in [0.29, 0.717) is 0 Å². The molecule has 3 heterocycles. The summed E-state index contributed by atoms with van der Waals surface area (Å²) in [6.45, 7) is 1.93. The number of hydrogen-bond donors (Lipinski definition) is 3. The van der Waals surface area contributed by atoms with Crippen LogP contribution in [0.15, 0.2) is 72.8 Å². The molecule has 3 aromatic carbocycles. The molecule has 0 unspecified atom stereocenters. The van der Waals surface area contributed by atoms with Crippen LogP contribution in [0.4, 0.5) is 0 Å². The van der Waals surface area contributed by atoms with Gasteiger partial charge in [-0.2, -0.15) is 24.8 Å². The molecule has 3 aromatic heterocycles. The number of aliphatic hydroxyl groups excluding tert-OH is 1. The minimum atomic E-state index is 0.0902. The highest BCUT2D eigenvalue weighted by Gasteiger charge is 2.14. The number of benzene rings is 3. The maximum Gasteiger partial charge on any atom is 0.248 e. The van der Waals surface area contributed by atoms with Crippen molar-refractivity contribution in [1.82, 2.24) is 45.4 Å². The largest absolute Gasteiger partial charge is 0.397 e. The topological polar surface area (TPSA) is 147 Å². The van der Waals surface area contributed by atoms with Crippen LogP contribution in [-0.4, -0.2) is 63.1 Å². The zero-order valence-corrected chi connectivity index (χ0v) is 17.2. The van der Waals surface area contributed by atoms with Gasteiger partial charge in [-0.1, -0.05) is 46.8 Å². The zero-order chi connectivity index (χ0) is 22.3. The Morgan fingerprint density at radius 1 is 0.750 bits per heavy atom. The Balaban J connectivity index is 0.000000169. The molecule has 0 amide bonds. The fraction of sp³-hybridized carbons (Fsp3) is 0.0952. The first-order valence-corrected chi connectivity index (χ1v) is 9.79. The third-order valence-corrected chi connectivity index (χ3v) is 4.33. The third-order valence-electron chi connectivity index (χ3n) is 4.33. The highest BCUT2D eigenvalue weighted by molar-refractivity contribution is 5.94. The maximum absolute atomic E-state index is 8.29. The number of hydrogen-bond acceptors (Lipinski definition) is 8. The molecule has 0 spiro atoms. The van der Waals surface area contributed by atoms with E-state index in [1.807, 2.05) is 72.8 Å². The van der Waals surface area contributed by atoms with Crippen LogP contribution in [0, 0.1) is 5.41 Å². The first kappa shape index (κ1) is 20.8. The van der Waals surface area contributed by atoms with Crippen molar-refractivity contribution < 1.29 is 5.11 Å². The molecule has 0 bridgehead atoms. The summed E-state index contributed by atoms with van der Waals surface area (Å²) in [7, 11) is 0. The molecule has 6 aromatic rings. The second-order valence-electron chi connectivity index (χ2n) is 6.43. The standard InChI is InChI=1S/C13H9N7.C6H5N3.C2H6O/c14-13(19-11-7-3-1-5-9(11)15-17-19)20-12-8-4-2-6-10(12)16-18-20;1-2-4-6-5(3-1)7-9-8-6;1-2-3/h1-8,14H;1-4H,(H,7,8,9);3H,2H2,1H3. The van der Waals surface area contributed by atoms with Gasteiger partial charge in [-0.15, -0.1) is 10.2 Å². The molecule has 3 N–H and O–H groups in total. The average molecular weight is 428 g/mol. The van der Waals surface area contributed by atoms with E-state index >= 15 is 0 Å². The van der Waals surface area contributed by atoms with Crippen molar-refractivity contribution in [3.8, 4) is 0 Å². The lowest BCUT2D eigenvalue weighted by molar-refractivity contribution is 0.318. The molecule has 0 aliphatic heterocycles. The number of aromatic amines is 1. The molecule has 0 aliphatic rings. The SMILES string of the molecule is CCO.N=C(n1nnc2ccccc21)n1nnc2ccccc21.c1ccc2n[nH]nc2c1. The van der Waals surface area contributed by atoms with Crippen LogP contribution < -0.4 is 0 Å². The van der Waals surface area contributed by atoms with E-state index < -0.39 is 0 Å². The van der Waals surface area contributed by atoms with Gasteiger partial charge in [-0.05, 0) is 43.3 Å². The van der Waals surface area contributed by atoms with Crippen molar-refractivity contribution in [2.45, 2.75) is 6.92 Å². The number of fused-ring (bicyclic) bond motifs is 3. The third kappa shape index (κ3) is 4.18. The van der Waals surface area contributed by atoms with Gasteiger partial charge < -0.3 is 5.11 Å². The van der Waals surface area contributed by atoms with Crippen molar-refractivity contribution in [3.63, 3.8) is 0 Å². The van der Waals surface area contributed by atoms with E-state index in [2.05, 4.69) is 36.0 Å². The van der Waals surface area contributed by atoms with Gasteiger partial charge >= 0.3 is 0 Å². The lowest BCUT2D eigenvalue weighted by Gasteiger charge is -2.04. The Labute approximate surface area is 181 Å². The number of para-hydroxylation sites is 4. The van der Waals surface area contributed by atoms with E-state index in [0.717, 1.165) is 33.1 Å². The smallest absolute Gasteiger partial charge is 0.248 e. The van der Waals surface area contributed by atoms with Gasteiger partial charge in [0.1, 0.15) is 22.1 Å². The summed E-state index contributed by atoms with van der Waals surface area (Å²) in [6.07, 6.45) is 0. The van der Waals surface area contributed by atoms with Crippen molar-refractivity contribution in [1.29, 1.82) is 5.41 Å². The summed E-state index contributed by atoms with van der Waals surface area (Å²) in [4.78, 5) is 0. The van der Waals surface area contributed by atoms with E-state index in [-0.39, 0.29) is 12.6 Å². The summed E-state index contributed by atoms with van der Waals surface area (Å²) in [5.41, 5.74) is 4.83. The molecule has 0 saturated heterocycles. The molecular weight excluding hydrogens is 408 g/mol. The Kier molecular flexibility index (Phi) is 6.18. The number of H-pyrrole nitrogens is 1. The predicted molar refractivity (Wildman–Crippen MR) is 120 cm³/mol. The van der Waals surface area contributed by atoms with Gasteiger partial charge in [0.2, 0.25) is 5.96 Å². The lowest BCUT2D eigenvalue weighted by atomic mass is 10.3. The monoisotopic (exact) mass is 428 g/mol. The highest BCUT2D eigenvalue weighted by Crippen LogP contribution is 2.13. The number of aromatic nitrogens is 9. The number of nitrogens with zero attached hydrogens (tertiary/aromatic N) is 8. The average Bonchev–Trinajstić information content (AvgIpc) is 3.57. The number of rotatable bonds is 0. The van der Waals surface area contributed by atoms with Crippen LogP contribution in [0.3, 0.4) is 0 Å². The first-order valence-electron chi connectivity index (χ1n) is 9.79. The molecule has 160 valence electrons. The molecule has 32 heavy (non-hydrogen) atoms. The maximum atomic E-state index is 8.29. The van der Waals surface area contributed by atoms with Gasteiger partial charge in [-0.25, -0.2) is 0 Å². The lowest BCUT2D eigenvalue weighted by Crippen LogP contribution is -2.22. The fourth-order valence-electron chi connectivity index (χ4n) is 2.93. The van der Waals surface area contributed by atoms with Gasteiger partial charge in [0, 0.05) is 6.61 Å². The molecular formula is C21H20N10O. The van der Waals surface area contributed by atoms with Crippen LogP contribution >= 0.6 is 0 Å². The summed E-state index contributed by atoms with van der Waals surface area (Å²) in [5.74, 6) is 0.0902. The van der Waals surface area contributed by atoms with Gasteiger partial charge in [0.05, 0.1) is 11.0 Å². The van der Waals surface area contributed by atoms with E-state index in [1.54, 1.807) is 6.92 Å². The molecule has 6 rings (SSSR count). The minimum absolute atomic E-state index is 0.0902. The van der Waals surface area contributed by atoms with Crippen LogP contribution in [0.1, 0.15) is 6.92 Å². The minimum Gasteiger partial charge on any atom is -0.397 e. The summed E-state index contributed by atoms with van der Waals surface area (Å²) in [5, 5.41) is 42.3. The Morgan fingerprint density at radius 2 is 1.12 bits per heavy atom. The zero-order valence-electron chi connectivity index (χ0n) is 17.2. The van der Waals surface area contributed by atoms with Gasteiger partial charge in [-0.3, -0.25) is 5.41 Å². The summed E-state index contributed by atoms with van der Waals surface area (Å²) >= 11 is 0. The molecule has 11 nitrogen and oxygen atoms in total. The van der Waals surface area contributed by atoms with E-state index in [1.165, 1.54) is 9.36 Å². The Bertz CT molecular complexity index is 1360. The van der Waals surface area contributed by atoms with Crippen LogP contribution in [-0.2, 0) is 0 Å².